The van der Waals surface area contributed by atoms with E-state index in [0.29, 0.717) is 5.56 Å². The fraction of sp³-hybridized carbons (Fsp3) is 0.520. The molecule has 210 valence electrons. The van der Waals surface area contributed by atoms with Crippen LogP contribution in [0.3, 0.4) is 0 Å². The maximum absolute atomic E-state index is 13.1. The Labute approximate surface area is 220 Å². The van der Waals surface area contributed by atoms with Crippen LogP contribution in [0.4, 0.5) is 0 Å². The number of nitrogens with one attached hydrogen (secondary N) is 3. The van der Waals surface area contributed by atoms with E-state index in [0.717, 1.165) is 0 Å². The van der Waals surface area contributed by atoms with E-state index in [2.05, 4.69) is 16.0 Å². The number of primary amides is 1. The molecule has 9 N–H and O–H groups in total. The molecule has 13 heteroatoms. The molecule has 0 saturated carbocycles. The summed E-state index contributed by atoms with van der Waals surface area (Å²) in [5.41, 5.74) is 11.6. The van der Waals surface area contributed by atoms with Crippen LogP contribution in [-0.4, -0.2) is 69.9 Å². The van der Waals surface area contributed by atoms with E-state index in [1.807, 2.05) is 0 Å². The smallest absolute Gasteiger partial charge is 0.326 e. The van der Waals surface area contributed by atoms with Crippen molar-refractivity contribution in [1.29, 1.82) is 0 Å². The van der Waals surface area contributed by atoms with Gasteiger partial charge in [0, 0.05) is 19.3 Å². The van der Waals surface area contributed by atoms with Crippen LogP contribution < -0.4 is 27.4 Å². The fourth-order valence-corrected chi connectivity index (χ4v) is 3.54. The first-order valence-electron chi connectivity index (χ1n) is 12.2. The molecule has 0 fully saturated rings. The molecule has 0 aliphatic carbocycles. The maximum atomic E-state index is 13.1. The minimum absolute atomic E-state index is 0.0152. The molecule has 0 bridgehead atoms. The van der Waals surface area contributed by atoms with Crippen molar-refractivity contribution in [1.82, 2.24) is 16.0 Å². The predicted octanol–water partition coefficient (Wildman–Crippen LogP) is -0.728. The maximum Gasteiger partial charge on any atom is 0.326 e. The third kappa shape index (κ3) is 12.3. The third-order valence-corrected chi connectivity index (χ3v) is 5.56. The van der Waals surface area contributed by atoms with E-state index >= 15 is 0 Å². The van der Waals surface area contributed by atoms with Gasteiger partial charge in [0.2, 0.25) is 23.6 Å². The summed E-state index contributed by atoms with van der Waals surface area (Å²) in [5, 5.41) is 25.8. The first-order chi connectivity index (χ1) is 17.8. The molecule has 0 saturated heterocycles. The molecule has 1 aromatic carbocycles. The average Bonchev–Trinajstić information content (AvgIpc) is 2.83. The van der Waals surface area contributed by atoms with Gasteiger partial charge in [-0.15, -0.1) is 0 Å². The Hall–Kier alpha value is -4.00. The van der Waals surface area contributed by atoms with Gasteiger partial charge in [-0.3, -0.25) is 24.0 Å². The molecule has 0 radical (unpaired) electrons. The highest BCUT2D eigenvalue weighted by molar-refractivity contribution is 5.94. The molecule has 13 nitrogen and oxygen atoms in total. The number of aliphatic carboxylic acids is 2. The van der Waals surface area contributed by atoms with Crippen LogP contribution in [0.5, 0.6) is 0 Å². The van der Waals surface area contributed by atoms with Crippen LogP contribution >= 0.6 is 0 Å². The van der Waals surface area contributed by atoms with E-state index in [4.69, 9.17) is 16.6 Å². The summed E-state index contributed by atoms with van der Waals surface area (Å²) in [7, 11) is 0. The summed E-state index contributed by atoms with van der Waals surface area (Å²) in [6, 6.07) is 3.70. The molecule has 0 aliphatic heterocycles. The van der Waals surface area contributed by atoms with Gasteiger partial charge in [0.05, 0.1) is 6.04 Å². The van der Waals surface area contributed by atoms with Crippen LogP contribution in [0.1, 0.15) is 51.5 Å². The van der Waals surface area contributed by atoms with Gasteiger partial charge in [0.25, 0.3) is 0 Å². The van der Waals surface area contributed by atoms with Crippen molar-refractivity contribution in [3.8, 4) is 0 Å². The second kappa shape index (κ2) is 16.0. The van der Waals surface area contributed by atoms with Gasteiger partial charge in [-0.1, -0.05) is 44.2 Å². The largest absolute Gasteiger partial charge is 0.481 e. The van der Waals surface area contributed by atoms with E-state index < -0.39 is 59.7 Å². The summed E-state index contributed by atoms with van der Waals surface area (Å²) in [6.45, 7) is 3.60. The minimum Gasteiger partial charge on any atom is -0.481 e. The third-order valence-electron chi connectivity index (χ3n) is 5.56. The van der Waals surface area contributed by atoms with Crippen molar-refractivity contribution in [3.05, 3.63) is 35.9 Å². The van der Waals surface area contributed by atoms with Gasteiger partial charge in [-0.25, -0.2) is 4.79 Å². The number of carboxylic acids is 2. The zero-order valence-electron chi connectivity index (χ0n) is 21.5. The van der Waals surface area contributed by atoms with Gasteiger partial charge in [0.15, 0.2) is 0 Å². The van der Waals surface area contributed by atoms with E-state index in [1.165, 1.54) is 0 Å². The Morgan fingerprint density at radius 2 is 1.34 bits per heavy atom. The molecular weight excluding hydrogens is 498 g/mol. The summed E-state index contributed by atoms with van der Waals surface area (Å²) < 4.78 is 0. The van der Waals surface area contributed by atoms with E-state index in [-0.39, 0.29) is 44.4 Å². The monoisotopic (exact) mass is 535 g/mol. The van der Waals surface area contributed by atoms with Gasteiger partial charge in [0.1, 0.15) is 18.1 Å². The lowest BCUT2D eigenvalue weighted by Gasteiger charge is -2.26. The summed E-state index contributed by atoms with van der Waals surface area (Å²) >= 11 is 0. The number of hydrogen-bond donors (Lipinski definition) is 7. The lowest BCUT2D eigenvalue weighted by Crippen LogP contribution is -2.57. The number of carboxylic acid groups (broad SMARTS) is 2. The normalized spacial score (nSPS) is 14.0. The molecule has 4 amide bonds. The first-order valence-corrected chi connectivity index (χ1v) is 12.2. The van der Waals surface area contributed by atoms with E-state index in [1.54, 1.807) is 44.2 Å². The van der Waals surface area contributed by atoms with Gasteiger partial charge >= 0.3 is 11.9 Å². The number of benzene rings is 1. The van der Waals surface area contributed by atoms with Crippen LogP contribution in [0.2, 0.25) is 0 Å². The van der Waals surface area contributed by atoms with Gasteiger partial charge < -0.3 is 37.6 Å². The fourth-order valence-electron chi connectivity index (χ4n) is 3.54. The zero-order chi connectivity index (χ0) is 28.8. The Morgan fingerprint density at radius 3 is 1.87 bits per heavy atom. The standard InChI is InChI=1S/C25H37N5O8/c1-14(2)12-18(29-22(34)16(26)8-11-21(32)33)24(36)28-17(9-10-20(27)31)23(35)30-19(25(37)38)13-15-6-4-3-5-7-15/h3-7,14,16-19H,8-13,26H2,1-2H3,(H2,27,31)(H,28,36)(H,29,34)(H,30,35)(H,32,33)(H,37,38). The van der Waals surface area contributed by atoms with Crippen molar-refractivity contribution < 1.29 is 39.0 Å². The number of carbonyl (C=O) groups excluding carboxylic acids is 4. The molecule has 4 unspecified atom stereocenters. The Balaban J connectivity index is 3.02. The van der Waals surface area contributed by atoms with Crippen LogP contribution in [0.25, 0.3) is 0 Å². The number of carbonyl (C=O) groups is 6. The average molecular weight is 536 g/mol. The Bertz CT molecular complexity index is 985. The molecule has 0 aliphatic rings. The number of hydrogen-bond acceptors (Lipinski definition) is 7. The molecule has 0 aromatic heterocycles. The molecule has 1 rings (SSSR count). The first kappa shape index (κ1) is 32.0. The van der Waals surface area contributed by atoms with Gasteiger partial charge in [-0.2, -0.15) is 0 Å². The van der Waals surface area contributed by atoms with Crippen LogP contribution in [0, 0.1) is 5.92 Å². The summed E-state index contributed by atoms with van der Waals surface area (Å²) in [6.07, 6.45) is -0.795. The number of amides is 4. The second-order valence-corrected chi connectivity index (χ2v) is 9.38. The van der Waals surface area contributed by atoms with E-state index in [9.17, 15) is 33.9 Å². The Morgan fingerprint density at radius 1 is 0.789 bits per heavy atom. The van der Waals surface area contributed by atoms with Crippen LogP contribution in [0.15, 0.2) is 30.3 Å². The lowest BCUT2D eigenvalue weighted by atomic mass is 10.0. The number of rotatable bonds is 17. The second-order valence-electron chi connectivity index (χ2n) is 9.38. The molecule has 0 heterocycles. The number of nitrogens with two attached hydrogens (primary N) is 2. The van der Waals surface area contributed by atoms with Crippen molar-refractivity contribution in [2.45, 2.75) is 76.5 Å². The van der Waals surface area contributed by atoms with Crippen molar-refractivity contribution in [2.75, 3.05) is 0 Å². The predicted molar refractivity (Wildman–Crippen MR) is 136 cm³/mol. The lowest BCUT2D eigenvalue weighted by molar-refractivity contribution is -0.142. The van der Waals surface area contributed by atoms with Crippen molar-refractivity contribution in [3.63, 3.8) is 0 Å². The summed E-state index contributed by atoms with van der Waals surface area (Å²) in [5.74, 6) is -5.54. The zero-order valence-corrected chi connectivity index (χ0v) is 21.5. The Kier molecular flexibility index (Phi) is 13.5. The molecule has 0 spiro atoms. The highest BCUT2D eigenvalue weighted by Gasteiger charge is 2.31. The van der Waals surface area contributed by atoms with Gasteiger partial charge in [-0.05, 0) is 30.7 Å². The minimum atomic E-state index is -1.32. The van der Waals surface area contributed by atoms with Crippen LogP contribution in [-0.2, 0) is 35.2 Å². The molecule has 38 heavy (non-hydrogen) atoms. The molecule has 1 aromatic rings. The highest BCUT2D eigenvalue weighted by atomic mass is 16.4. The highest BCUT2D eigenvalue weighted by Crippen LogP contribution is 2.09. The van der Waals surface area contributed by atoms with Crippen molar-refractivity contribution in [2.24, 2.45) is 17.4 Å². The molecule has 4 atom stereocenters. The summed E-state index contributed by atoms with van der Waals surface area (Å²) in [4.78, 5) is 72.5. The topological polar surface area (TPSA) is 231 Å². The SMILES string of the molecule is CC(C)CC(NC(=O)C(N)CCC(=O)O)C(=O)NC(CCC(N)=O)C(=O)NC(Cc1ccccc1)C(=O)O. The van der Waals surface area contributed by atoms with Crippen molar-refractivity contribution >= 4 is 35.6 Å². The molecular formula is C25H37N5O8. The quantitative estimate of drug-likeness (QED) is 0.133.